The molecule has 1 saturated carbocycles. The van der Waals surface area contributed by atoms with E-state index in [-0.39, 0.29) is 5.54 Å². The normalized spacial score (nSPS) is 19.5. The Balaban J connectivity index is 2.14. The van der Waals surface area contributed by atoms with Gasteiger partial charge in [-0.2, -0.15) is 0 Å². The van der Waals surface area contributed by atoms with Crippen molar-refractivity contribution in [1.82, 2.24) is 4.98 Å². The van der Waals surface area contributed by atoms with Crippen LogP contribution < -0.4 is 5.73 Å². The number of hydrogen-bond donors (Lipinski definition) is 1. The fourth-order valence-corrected chi connectivity index (χ4v) is 2.98. The molecule has 1 heterocycles. The number of rotatable bonds is 1. The Bertz CT molecular complexity index is 438. The highest BCUT2D eigenvalue weighted by molar-refractivity contribution is 7.18. The summed E-state index contributed by atoms with van der Waals surface area (Å²) in [6.45, 7) is 0. The quantitative estimate of drug-likeness (QED) is 0.775. The van der Waals surface area contributed by atoms with Crippen molar-refractivity contribution in [1.29, 1.82) is 0 Å². The van der Waals surface area contributed by atoms with E-state index in [1.54, 1.807) is 11.3 Å². The van der Waals surface area contributed by atoms with Crippen LogP contribution in [-0.4, -0.2) is 4.98 Å². The first kappa shape index (κ1) is 8.38. The Kier molecular flexibility index (Phi) is 1.66. The molecule has 2 N–H and O–H groups in total. The molecular weight excluding hydrogens is 192 g/mol. The van der Waals surface area contributed by atoms with Crippen molar-refractivity contribution in [3.05, 3.63) is 29.3 Å². The number of benzene rings is 1. The highest BCUT2D eigenvalue weighted by atomic mass is 32.1. The second kappa shape index (κ2) is 2.78. The molecule has 0 amide bonds. The van der Waals surface area contributed by atoms with Gasteiger partial charge in [-0.05, 0) is 31.4 Å². The molecular formula is C11H12N2S. The monoisotopic (exact) mass is 204 g/mol. The lowest BCUT2D eigenvalue weighted by molar-refractivity contribution is 0.253. The lowest BCUT2D eigenvalue weighted by Gasteiger charge is -2.35. The van der Waals surface area contributed by atoms with Gasteiger partial charge in [0.15, 0.2) is 0 Å². The lowest BCUT2D eigenvalue weighted by Crippen LogP contribution is -2.43. The summed E-state index contributed by atoms with van der Waals surface area (Å²) in [4.78, 5) is 4.60. The van der Waals surface area contributed by atoms with Crippen LogP contribution in [0.25, 0.3) is 10.2 Å². The molecule has 3 heteroatoms. The Morgan fingerprint density at radius 3 is 2.71 bits per heavy atom. The van der Waals surface area contributed by atoms with Crippen LogP contribution in [0.5, 0.6) is 0 Å². The summed E-state index contributed by atoms with van der Waals surface area (Å²) in [6.07, 6.45) is 3.42. The Morgan fingerprint density at radius 1 is 1.29 bits per heavy atom. The highest BCUT2D eigenvalue weighted by Crippen LogP contribution is 2.41. The molecule has 0 aliphatic heterocycles. The van der Waals surface area contributed by atoms with E-state index in [4.69, 9.17) is 5.73 Å². The largest absolute Gasteiger partial charge is 0.319 e. The molecule has 1 aromatic carbocycles. The van der Waals surface area contributed by atoms with Crippen molar-refractivity contribution in [3.8, 4) is 0 Å². The zero-order valence-electron chi connectivity index (χ0n) is 7.86. The molecule has 1 aliphatic carbocycles. The number of fused-ring (bicyclic) bond motifs is 1. The fourth-order valence-electron chi connectivity index (χ4n) is 1.86. The zero-order chi connectivity index (χ0) is 9.60. The molecule has 1 aromatic heterocycles. The molecule has 0 unspecified atom stereocenters. The molecule has 0 spiro atoms. The van der Waals surface area contributed by atoms with Gasteiger partial charge in [-0.3, -0.25) is 0 Å². The summed E-state index contributed by atoms with van der Waals surface area (Å²) in [5, 5.41) is 1.12. The Morgan fingerprint density at radius 2 is 2.07 bits per heavy atom. The van der Waals surface area contributed by atoms with Crippen LogP contribution in [0, 0.1) is 0 Å². The zero-order valence-corrected chi connectivity index (χ0v) is 8.68. The number of hydrogen-bond acceptors (Lipinski definition) is 3. The maximum absolute atomic E-state index is 6.24. The maximum Gasteiger partial charge on any atom is 0.114 e. The molecule has 0 saturated heterocycles. The summed E-state index contributed by atoms with van der Waals surface area (Å²) >= 11 is 1.74. The minimum Gasteiger partial charge on any atom is -0.319 e. The second-order valence-corrected chi connectivity index (χ2v) is 5.03. The predicted molar refractivity (Wildman–Crippen MR) is 59.3 cm³/mol. The van der Waals surface area contributed by atoms with Gasteiger partial charge in [-0.15, -0.1) is 11.3 Å². The van der Waals surface area contributed by atoms with Crippen molar-refractivity contribution in [2.75, 3.05) is 0 Å². The van der Waals surface area contributed by atoms with Crippen molar-refractivity contribution in [3.63, 3.8) is 0 Å². The minimum absolute atomic E-state index is 0.107. The van der Waals surface area contributed by atoms with Crippen molar-refractivity contribution < 1.29 is 0 Å². The predicted octanol–water partition coefficient (Wildman–Crippen LogP) is 2.63. The van der Waals surface area contributed by atoms with E-state index < -0.39 is 0 Å². The van der Waals surface area contributed by atoms with Crippen molar-refractivity contribution in [2.45, 2.75) is 24.8 Å². The third-order valence-corrected chi connectivity index (χ3v) is 4.22. The summed E-state index contributed by atoms with van der Waals surface area (Å²) < 4.78 is 1.25. The van der Waals surface area contributed by atoms with Crippen molar-refractivity contribution >= 4 is 21.6 Å². The SMILES string of the molecule is NC1(c2nc3ccccc3s2)CCC1. The molecule has 0 atom stereocenters. The van der Waals surface area contributed by atoms with Crippen LogP contribution in [0.15, 0.2) is 24.3 Å². The van der Waals surface area contributed by atoms with Gasteiger partial charge in [0.1, 0.15) is 5.01 Å². The lowest BCUT2D eigenvalue weighted by atomic mass is 9.78. The number of aromatic nitrogens is 1. The van der Waals surface area contributed by atoms with E-state index in [0.29, 0.717) is 0 Å². The van der Waals surface area contributed by atoms with E-state index in [1.807, 2.05) is 12.1 Å². The number of nitrogens with two attached hydrogens (primary N) is 1. The third kappa shape index (κ3) is 1.09. The Labute approximate surface area is 86.8 Å². The van der Waals surface area contributed by atoms with Crippen LogP contribution in [0.4, 0.5) is 0 Å². The fraction of sp³-hybridized carbons (Fsp3) is 0.364. The molecule has 1 fully saturated rings. The number of para-hydroxylation sites is 1. The van der Waals surface area contributed by atoms with Gasteiger partial charge in [0, 0.05) is 0 Å². The van der Waals surface area contributed by atoms with Crippen LogP contribution in [0.1, 0.15) is 24.3 Å². The number of thiazole rings is 1. The van der Waals surface area contributed by atoms with Gasteiger partial charge >= 0.3 is 0 Å². The average molecular weight is 204 g/mol. The molecule has 3 rings (SSSR count). The molecule has 0 radical (unpaired) electrons. The van der Waals surface area contributed by atoms with Crippen LogP contribution >= 0.6 is 11.3 Å². The van der Waals surface area contributed by atoms with Gasteiger partial charge in [0.25, 0.3) is 0 Å². The minimum atomic E-state index is -0.107. The van der Waals surface area contributed by atoms with Crippen LogP contribution in [-0.2, 0) is 5.54 Å². The van der Waals surface area contributed by atoms with Gasteiger partial charge in [0.05, 0.1) is 15.8 Å². The van der Waals surface area contributed by atoms with Gasteiger partial charge < -0.3 is 5.73 Å². The summed E-state index contributed by atoms with van der Waals surface area (Å²) in [6, 6.07) is 8.24. The smallest absolute Gasteiger partial charge is 0.114 e. The first-order chi connectivity index (χ1) is 6.78. The van der Waals surface area contributed by atoms with Gasteiger partial charge in [-0.1, -0.05) is 12.1 Å². The van der Waals surface area contributed by atoms with Crippen LogP contribution in [0.3, 0.4) is 0 Å². The molecule has 1 aliphatic rings. The van der Waals surface area contributed by atoms with Gasteiger partial charge in [0.2, 0.25) is 0 Å². The second-order valence-electron chi connectivity index (χ2n) is 4.00. The first-order valence-electron chi connectivity index (χ1n) is 4.93. The van der Waals surface area contributed by atoms with E-state index in [1.165, 1.54) is 11.1 Å². The van der Waals surface area contributed by atoms with E-state index in [9.17, 15) is 0 Å². The molecule has 0 bridgehead atoms. The summed E-state index contributed by atoms with van der Waals surface area (Å²) in [5.74, 6) is 0. The number of nitrogens with zero attached hydrogens (tertiary/aromatic N) is 1. The average Bonchev–Trinajstić information content (AvgIpc) is 2.57. The van der Waals surface area contributed by atoms with Gasteiger partial charge in [-0.25, -0.2) is 4.98 Å². The third-order valence-electron chi connectivity index (χ3n) is 2.97. The first-order valence-corrected chi connectivity index (χ1v) is 5.75. The maximum atomic E-state index is 6.24. The van der Waals surface area contributed by atoms with E-state index in [2.05, 4.69) is 17.1 Å². The molecule has 14 heavy (non-hydrogen) atoms. The standard InChI is InChI=1S/C11H12N2S/c12-11(6-3-7-11)10-13-8-4-1-2-5-9(8)14-10/h1-2,4-5H,3,6-7,12H2. The topological polar surface area (TPSA) is 38.9 Å². The van der Waals surface area contributed by atoms with E-state index >= 15 is 0 Å². The summed E-state index contributed by atoms with van der Waals surface area (Å²) in [7, 11) is 0. The highest BCUT2D eigenvalue weighted by Gasteiger charge is 2.37. The van der Waals surface area contributed by atoms with E-state index in [0.717, 1.165) is 23.4 Å². The molecule has 2 nitrogen and oxygen atoms in total. The van der Waals surface area contributed by atoms with Crippen LogP contribution in [0.2, 0.25) is 0 Å². The molecule has 72 valence electrons. The summed E-state index contributed by atoms with van der Waals surface area (Å²) in [5.41, 5.74) is 7.22. The molecule has 2 aromatic rings. The van der Waals surface area contributed by atoms with Crippen molar-refractivity contribution in [2.24, 2.45) is 5.73 Å². The Hall–Kier alpha value is -0.930.